The second-order valence-corrected chi connectivity index (χ2v) is 7.43. The third kappa shape index (κ3) is 5.32. The number of hydrogen-bond acceptors (Lipinski definition) is 7. The first-order valence-electron chi connectivity index (χ1n) is 10.2. The number of benzene rings is 1. The van der Waals surface area contributed by atoms with E-state index in [0.29, 0.717) is 36.8 Å². The van der Waals surface area contributed by atoms with E-state index in [9.17, 15) is 4.79 Å². The van der Waals surface area contributed by atoms with Crippen molar-refractivity contribution in [1.82, 2.24) is 14.9 Å². The third-order valence-corrected chi connectivity index (χ3v) is 5.22. The van der Waals surface area contributed by atoms with Crippen LogP contribution in [-0.2, 0) is 9.47 Å². The Bertz CT molecular complexity index is 1040. The lowest BCUT2D eigenvalue weighted by atomic mass is 10.1. The van der Waals surface area contributed by atoms with Crippen LogP contribution in [0.15, 0.2) is 42.7 Å². The van der Waals surface area contributed by atoms with Gasteiger partial charge in [-0.3, -0.25) is 9.69 Å². The summed E-state index contributed by atoms with van der Waals surface area (Å²) in [4.78, 5) is 21.6. The lowest BCUT2D eigenvalue weighted by Crippen LogP contribution is -2.46. The fourth-order valence-corrected chi connectivity index (χ4v) is 3.58. The highest BCUT2D eigenvalue weighted by Gasteiger charge is 2.20. The maximum absolute atomic E-state index is 11.9. The highest BCUT2D eigenvalue weighted by molar-refractivity contribution is 5.96. The van der Waals surface area contributed by atoms with E-state index in [-0.39, 0.29) is 6.10 Å². The molecule has 1 aliphatic heterocycles. The quantitative estimate of drug-likeness (QED) is 0.481. The molecule has 9 nitrogen and oxygen atoms in total. The summed E-state index contributed by atoms with van der Waals surface area (Å²) < 4.78 is 17.0. The Hall–Kier alpha value is -3.14. The minimum absolute atomic E-state index is 0.0611. The number of nitrogens with two attached hydrogens (primary N) is 1. The number of amides is 1. The molecule has 1 aromatic carbocycles. The molecule has 1 saturated heterocycles. The number of fused-ring (bicyclic) bond motifs is 1. The van der Waals surface area contributed by atoms with Gasteiger partial charge in [-0.15, -0.1) is 0 Å². The van der Waals surface area contributed by atoms with Crippen molar-refractivity contribution in [3.05, 3.63) is 48.3 Å². The number of carbonyl (C=O) groups is 1. The zero-order chi connectivity index (χ0) is 21.6. The van der Waals surface area contributed by atoms with Crippen molar-refractivity contribution in [1.29, 1.82) is 0 Å². The Morgan fingerprint density at radius 3 is 3.13 bits per heavy atom. The van der Waals surface area contributed by atoms with E-state index in [1.807, 2.05) is 24.4 Å². The SMILES string of the molecule is COCCN1CCOC(CNc2ccc(C(N)=O)c(Oc3cnc4[nH]ccc4c3)c2)C1. The Kier molecular flexibility index (Phi) is 6.66. The number of aromatic nitrogens is 2. The number of methoxy groups -OCH3 is 1. The van der Waals surface area contributed by atoms with Gasteiger partial charge in [-0.25, -0.2) is 4.98 Å². The maximum atomic E-state index is 11.9. The summed E-state index contributed by atoms with van der Waals surface area (Å²) in [5, 5.41) is 4.29. The van der Waals surface area contributed by atoms with Crippen LogP contribution in [0.4, 0.5) is 5.69 Å². The van der Waals surface area contributed by atoms with Gasteiger partial charge in [0.1, 0.15) is 17.1 Å². The number of carbonyl (C=O) groups excluding carboxylic acids is 1. The molecule has 0 aliphatic carbocycles. The maximum Gasteiger partial charge on any atom is 0.252 e. The first-order chi connectivity index (χ1) is 15.1. The minimum Gasteiger partial charge on any atom is -0.455 e. The lowest BCUT2D eigenvalue weighted by Gasteiger charge is -2.33. The molecule has 1 amide bonds. The molecular formula is C22H27N5O4. The zero-order valence-corrected chi connectivity index (χ0v) is 17.5. The highest BCUT2D eigenvalue weighted by Crippen LogP contribution is 2.29. The van der Waals surface area contributed by atoms with Crippen LogP contribution in [-0.4, -0.2) is 73.4 Å². The molecule has 0 bridgehead atoms. The van der Waals surface area contributed by atoms with Crippen molar-refractivity contribution in [2.45, 2.75) is 6.10 Å². The fourth-order valence-electron chi connectivity index (χ4n) is 3.58. The molecule has 9 heteroatoms. The van der Waals surface area contributed by atoms with Crippen molar-refractivity contribution >= 4 is 22.6 Å². The van der Waals surface area contributed by atoms with Gasteiger partial charge in [0.2, 0.25) is 0 Å². The van der Waals surface area contributed by atoms with Gasteiger partial charge in [-0.1, -0.05) is 0 Å². The van der Waals surface area contributed by atoms with E-state index in [0.717, 1.165) is 36.4 Å². The molecule has 3 heterocycles. The van der Waals surface area contributed by atoms with Gasteiger partial charge in [-0.05, 0) is 24.3 Å². The lowest BCUT2D eigenvalue weighted by molar-refractivity contribution is -0.0271. The summed E-state index contributed by atoms with van der Waals surface area (Å²) in [6, 6.07) is 9.00. The largest absolute Gasteiger partial charge is 0.455 e. The first-order valence-corrected chi connectivity index (χ1v) is 10.2. The first kappa shape index (κ1) is 21.1. The number of H-pyrrole nitrogens is 1. The van der Waals surface area contributed by atoms with Crippen LogP contribution >= 0.6 is 0 Å². The van der Waals surface area contributed by atoms with Crippen molar-refractivity contribution in [3.8, 4) is 11.5 Å². The molecule has 4 N–H and O–H groups in total. The number of morpholine rings is 1. The van der Waals surface area contributed by atoms with Gasteiger partial charge in [0.15, 0.2) is 0 Å². The molecule has 1 aliphatic rings. The van der Waals surface area contributed by atoms with Gasteiger partial charge in [0.25, 0.3) is 5.91 Å². The number of primary amides is 1. The number of pyridine rings is 1. The predicted molar refractivity (Wildman–Crippen MR) is 118 cm³/mol. The van der Waals surface area contributed by atoms with E-state index in [4.69, 9.17) is 19.9 Å². The number of rotatable bonds is 9. The Morgan fingerprint density at radius 1 is 1.39 bits per heavy atom. The van der Waals surface area contributed by atoms with Crippen LogP contribution in [0.3, 0.4) is 0 Å². The summed E-state index contributed by atoms with van der Waals surface area (Å²) in [7, 11) is 1.71. The Labute approximate surface area is 180 Å². The third-order valence-electron chi connectivity index (χ3n) is 5.22. The molecular weight excluding hydrogens is 398 g/mol. The number of ether oxygens (including phenoxy) is 3. The molecule has 3 aromatic rings. The molecule has 0 radical (unpaired) electrons. The van der Waals surface area contributed by atoms with Crippen LogP contribution in [0, 0.1) is 0 Å². The number of anilines is 1. The summed E-state index contributed by atoms with van der Waals surface area (Å²) >= 11 is 0. The minimum atomic E-state index is -0.554. The summed E-state index contributed by atoms with van der Waals surface area (Å²) in [6.07, 6.45) is 3.48. The molecule has 0 spiro atoms. The van der Waals surface area contributed by atoms with E-state index >= 15 is 0 Å². The van der Waals surface area contributed by atoms with Crippen molar-refractivity contribution < 1.29 is 19.0 Å². The van der Waals surface area contributed by atoms with Crippen LogP contribution < -0.4 is 15.8 Å². The van der Waals surface area contributed by atoms with Crippen molar-refractivity contribution in [2.24, 2.45) is 5.73 Å². The Balaban J connectivity index is 1.44. The number of aromatic amines is 1. The molecule has 1 atom stereocenters. The summed E-state index contributed by atoms with van der Waals surface area (Å²) in [6.45, 7) is 4.67. The van der Waals surface area contributed by atoms with Crippen LogP contribution in [0.5, 0.6) is 11.5 Å². The number of nitrogens with one attached hydrogen (secondary N) is 2. The fraction of sp³-hybridized carbons (Fsp3) is 0.364. The van der Waals surface area contributed by atoms with Crippen LogP contribution in [0.2, 0.25) is 0 Å². The van der Waals surface area contributed by atoms with E-state index in [2.05, 4.69) is 20.2 Å². The van der Waals surface area contributed by atoms with E-state index in [1.54, 1.807) is 25.4 Å². The molecule has 4 rings (SSSR count). The zero-order valence-electron chi connectivity index (χ0n) is 17.5. The van der Waals surface area contributed by atoms with Crippen molar-refractivity contribution in [2.75, 3.05) is 51.8 Å². The second kappa shape index (κ2) is 9.78. The topological polar surface area (TPSA) is 115 Å². The summed E-state index contributed by atoms with van der Waals surface area (Å²) in [5.74, 6) is 0.346. The van der Waals surface area contributed by atoms with Crippen molar-refractivity contribution in [3.63, 3.8) is 0 Å². The molecule has 1 fully saturated rings. The van der Waals surface area contributed by atoms with E-state index in [1.165, 1.54) is 0 Å². The average Bonchev–Trinajstić information content (AvgIpc) is 3.24. The standard InChI is InChI=1S/C22H27N5O4/c1-29-8-6-27-7-9-30-18(14-27)13-25-16-2-3-19(21(23)28)20(11-16)31-17-10-15-4-5-24-22(15)26-12-17/h2-5,10-12,18,25H,6-9,13-14H2,1H3,(H2,23,28)(H,24,26). The molecule has 1 unspecified atom stereocenters. The smallest absolute Gasteiger partial charge is 0.252 e. The highest BCUT2D eigenvalue weighted by atomic mass is 16.5. The normalized spacial score (nSPS) is 17.0. The van der Waals surface area contributed by atoms with Gasteiger partial charge in [0.05, 0.1) is 31.1 Å². The molecule has 31 heavy (non-hydrogen) atoms. The van der Waals surface area contributed by atoms with Gasteiger partial charge in [-0.2, -0.15) is 0 Å². The molecule has 2 aromatic heterocycles. The molecule has 164 valence electrons. The van der Waals surface area contributed by atoms with Gasteiger partial charge < -0.3 is 30.2 Å². The van der Waals surface area contributed by atoms with Crippen LogP contribution in [0.25, 0.3) is 11.0 Å². The number of hydrogen-bond donors (Lipinski definition) is 3. The molecule has 0 saturated carbocycles. The number of nitrogens with zero attached hydrogens (tertiary/aromatic N) is 2. The van der Waals surface area contributed by atoms with Gasteiger partial charge >= 0.3 is 0 Å². The summed E-state index contributed by atoms with van der Waals surface area (Å²) in [5.41, 5.74) is 7.43. The second-order valence-electron chi connectivity index (χ2n) is 7.43. The van der Waals surface area contributed by atoms with Crippen LogP contribution in [0.1, 0.15) is 10.4 Å². The van der Waals surface area contributed by atoms with E-state index < -0.39 is 5.91 Å². The average molecular weight is 425 g/mol. The predicted octanol–water partition coefficient (Wildman–Crippen LogP) is 2.21. The van der Waals surface area contributed by atoms with Gasteiger partial charge in [0, 0.05) is 56.6 Å². The monoisotopic (exact) mass is 425 g/mol. The Morgan fingerprint density at radius 2 is 2.29 bits per heavy atom.